The second-order valence-electron chi connectivity index (χ2n) is 4.62. The summed E-state index contributed by atoms with van der Waals surface area (Å²) in [5, 5.41) is 0. The average molecular weight is 280 g/mol. The van der Waals surface area contributed by atoms with Gasteiger partial charge in [0.15, 0.2) is 5.78 Å². The molecule has 0 aromatic rings. The van der Waals surface area contributed by atoms with Crippen molar-refractivity contribution in [2.75, 3.05) is 26.8 Å². The maximum atomic E-state index is 12.2. The van der Waals surface area contributed by atoms with Crippen LogP contribution in [0.5, 0.6) is 0 Å². The number of hydrogen-bond donors (Lipinski definition) is 1. The second-order valence-corrected chi connectivity index (χ2v) is 4.62. The average Bonchev–Trinajstić information content (AvgIpc) is 3.19. The van der Waals surface area contributed by atoms with Crippen LogP contribution in [0.2, 0.25) is 0 Å². The summed E-state index contributed by atoms with van der Waals surface area (Å²) >= 11 is 0. The molecular weight excluding hydrogens is 264 g/mol. The highest BCUT2D eigenvalue weighted by Crippen LogP contribution is 2.29. The van der Waals surface area contributed by atoms with Gasteiger partial charge in [0.05, 0.1) is 11.3 Å². The van der Waals surface area contributed by atoms with E-state index in [1.807, 2.05) is 0 Å². The predicted octanol–water partition coefficient (Wildman–Crippen LogP) is -0.235. The summed E-state index contributed by atoms with van der Waals surface area (Å²) in [6, 6.07) is 0. The van der Waals surface area contributed by atoms with Gasteiger partial charge in [-0.2, -0.15) is 0 Å². The zero-order valence-corrected chi connectivity index (χ0v) is 11.3. The van der Waals surface area contributed by atoms with Crippen molar-refractivity contribution < 1.29 is 23.9 Å². The van der Waals surface area contributed by atoms with Crippen LogP contribution in [-0.4, -0.2) is 55.5 Å². The van der Waals surface area contributed by atoms with Crippen LogP contribution in [0.15, 0.2) is 22.9 Å². The molecule has 2 rings (SSSR count). The number of Topliss-reactive ketones (excluding diaryl/α,β-unsaturated/α-hetero) is 1. The van der Waals surface area contributed by atoms with Crippen LogP contribution in [0.1, 0.15) is 6.92 Å². The SMILES string of the molecule is COC(COC(N)=O)C1=C(N2CC2)C(=O)C(C)=CC1=O. The summed E-state index contributed by atoms with van der Waals surface area (Å²) in [4.78, 5) is 36.9. The highest BCUT2D eigenvalue weighted by Gasteiger charge is 2.38. The van der Waals surface area contributed by atoms with E-state index in [0.717, 1.165) is 13.1 Å². The third-order valence-corrected chi connectivity index (χ3v) is 3.19. The molecule has 1 heterocycles. The van der Waals surface area contributed by atoms with Gasteiger partial charge in [-0.15, -0.1) is 0 Å². The number of primary amides is 1. The Morgan fingerprint density at radius 3 is 2.60 bits per heavy atom. The Bertz CT molecular complexity index is 531. The Morgan fingerprint density at radius 2 is 2.10 bits per heavy atom. The molecule has 1 aliphatic heterocycles. The summed E-state index contributed by atoms with van der Waals surface area (Å²) in [6.45, 7) is 2.84. The molecule has 2 N–H and O–H groups in total. The molecule has 0 aromatic heterocycles. The fourth-order valence-corrected chi connectivity index (χ4v) is 2.09. The second kappa shape index (κ2) is 5.46. The van der Waals surface area contributed by atoms with Crippen LogP contribution in [-0.2, 0) is 19.1 Å². The highest BCUT2D eigenvalue weighted by atomic mass is 16.6. The quantitative estimate of drug-likeness (QED) is 0.551. The number of ether oxygens (including phenoxy) is 2. The predicted molar refractivity (Wildman–Crippen MR) is 68.7 cm³/mol. The van der Waals surface area contributed by atoms with Crippen LogP contribution in [0.3, 0.4) is 0 Å². The van der Waals surface area contributed by atoms with Crippen molar-refractivity contribution in [3.63, 3.8) is 0 Å². The zero-order valence-electron chi connectivity index (χ0n) is 11.3. The van der Waals surface area contributed by atoms with E-state index in [0.29, 0.717) is 11.3 Å². The first kappa shape index (κ1) is 14.3. The van der Waals surface area contributed by atoms with Crippen molar-refractivity contribution in [3.8, 4) is 0 Å². The Labute approximate surface area is 116 Å². The normalized spacial score (nSPS) is 19.9. The van der Waals surface area contributed by atoms with Gasteiger partial charge >= 0.3 is 6.09 Å². The van der Waals surface area contributed by atoms with Crippen molar-refractivity contribution >= 4 is 17.7 Å². The molecule has 0 radical (unpaired) electrons. The van der Waals surface area contributed by atoms with Crippen molar-refractivity contribution in [2.45, 2.75) is 13.0 Å². The van der Waals surface area contributed by atoms with Gasteiger partial charge in [0.2, 0.25) is 5.78 Å². The van der Waals surface area contributed by atoms with Gasteiger partial charge in [0.1, 0.15) is 12.7 Å². The van der Waals surface area contributed by atoms with Crippen molar-refractivity contribution in [1.82, 2.24) is 4.90 Å². The molecule has 2 aliphatic rings. The number of nitrogens with two attached hydrogens (primary N) is 1. The van der Waals surface area contributed by atoms with E-state index in [9.17, 15) is 14.4 Å². The number of rotatable bonds is 5. The monoisotopic (exact) mass is 280 g/mol. The fraction of sp³-hybridized carbons (Fsp3) is 0.462. The van der Waals surface area contributed by atoms with Gasteiger partial charge < -0.3 is 20.1 Å². The lowest BCUT2D eigenvalue weighted by atomic mass is 9.91. The first-order valence-corrected chi connectivity index (χ1v) is 6.17. The molecule has 20 heavy (non-hydrogen) atoms. The lowest BCUT2D eigenvalue weighted by Crippen LogP contribution is -2.34. The van der Waals surface area contributed by atoms with E-state index in [1.54, 1.807) is 11.8 Å². The minimum atomic E-state index is -0.956. The molecule has 7 nitrogen and oxygen atoms in total. The highest BCUT2D eigenvalue weighted by molar-refractivity contribution is 6.22. The molecular formula is C13H16N2O5. The summed E-state index contributed by atoms with van der Waals surface area (Å²) in [5.41, 5.74) is 5.87. The van der Waals surface area contributed by atoms with Crippen LogP contribution < -0.4 is 5.73 Å². The third-order valence-electron chi connectivity index (χ3n) is 3.19. The molecule has 1 aliphatic carbocycles. The van der Waals surface area contributed by atoms with Gasteiger partial charge in [-0.25, -0.2) is 4.79 Å². The molecule has 108 valence electrons. The van der Waals surface area contributed by atoms with Crippen molar-refractivity contribution in [3.05, 3.63) is 22.9 Å². The first-order valence-electron chi connectivity index (χ1n) is 6.17. The van der Waals surface area contributed by atoms with E-state index < -0.39 is 12.2 Å². The van der Waals surface area contributed by atoms with Crippen molar-refractivity contribution in [2.24, 2.45) is 5.73 Å². The summed E-state index contributed by atoms with van der Waals surface area (Å²) < 4.78 is 9.87. The molecule has 0 bridgehead atoms. The van der Waals surface area contributed by atoms with Gasteiger partial charge in [0, 0.05) is 25.8 Å². The number of nitrogens with zero attached hydrogens (tertiary/aromatic N) is 1. The Hall–Kier alpha value is -2.15. The van der Waals surface area contributed by atoms with E-state index >= 15 is 0 Å². The third kappa shape index (κ3) is 2.72. The van der Waals surface area contributed by atoms with Gasteiger partial charge in [-0.1, -0.05) is 0 Å². The smallest absolute Gasteiger partial charge is 0.404 e. The van der Waals surface area contributed by atoms with Gasteiger partial charge in [-0.3, -0.25) is 9.59 Å². The van der Waals surface area contributed by atoms with E-state index in [-0.39, 0.29) is 23.7 Å². The molecule has 0 spiro atoms. The Morgan fingerprint density at radius 1 is 1.45 bits per heavy atom. The van der Waals surface area contributed by atoms with Gasteiger partial charge in [-0.05, 0) is 13.0 Å². The Balaban J connectivity index is 2.34. The molecule has 0 aromatic carbocycles. The molecule has 0 saturated carbocycles. The lowest BCUT2D eigenvalue weighted by Gasteiger charge is -2.24. The van der Waals surface area contributed by atoms with E-state index in [4.69, 9.17) is 10.5 Å². The fourth-order valence-electron chi connectivity index (χ4n) is 2.09. The molecule has 1 unspecified atom stereocenters. The zero-order chi connectivity index (χ0) is 14.9. The number of amides is 1. The topological polar surface area (TPSA) is 98.7 Å². The lowest BCUT2D eigenvalue weighted by molar-refractivity contribution is -0.117. The van der Waals surface area contributed by atoms with Crippen molar-refractivity contribution in [1.29, 1.82) is 0 Å². The number of carbonyl (C=O) groups is 3. The summed E-state index contributed by atoms with van der Waals surface area (Å²) in [5.74, 6) is -0.498. The minimum Gasteiger partial charge on any atom is -0.447 e. The summed E-state index contributed by atoms with van der Waals surface area (Å²) in [7, 11) is 1.38. The molecule has 1 atom stereocenters. The van der Waals surface area contributed by atoms with Crippen LogP contribution in [0, 0.1) is 0 Å². The summed E-state index contributed by atoms with van der Waals surface area (Å²) in [6.07, 6.45) is -0.484. The minimum absolute atomic E-state index is 0.196. The number of ketones is 2. The molecule has 1 amide bonds. The van der Waals surface area contributed by atoms with Crippen LogP contribution >= 0.6 is 0 Å². The van der Waals surface area contributed by atoms with Crippen LogP contribution in [0.4, 0.5) is 4.79 Å². The first-order chi connectivity index (χ1) is 9.45. The van der Waals surface area contributed by atoms with Crippen LogP contribution in [0.25, 0.3) is 0 Å². The standard InChI is InChI=1S/C13H16N2O5/c1-7-5-8(16)10(9(19-2)6-20-13(14)18)11(12(7)17)15-3-4-15/h5,9H,3-4,6H2,1-2H3,(H2,14,18). The maximum Gasteiger partial charge on any atom is 0.404 e. The number of hydrogen-bond acceptors (Lipinski definition) is 6. The molecule has 7 heteroatoms. The molecule has 1 fully saturated rings. The van der Waals surface area contributed by atoms with Gasteiger partial charge in [0.25, 0.3) is 0 Å². The number of methoxy groups -OCH3 is 1. The Kier molecular flexibility index (Phi) is 3.89. The number of allylic oxidation sites excluding steroid dienone is 2. The molecule has 1 saturated heterocycles. The van der Waals surface area contributed by atoms with E-state index in [1.165, 1.54) is 13.2 Å². The number of carbonyl (C=O) groups excluding carboxylic acids is 3. The largest absolute Gasteiger partial charge is 0.447 e. The maximum absolute atomic E-state index is 12.2. The van der Waals surface area contributed by atoms with E-state index in [2.05, 4.69) is 4.74 Å².